The van der Waals surface area contributed by atoms with Crippen molar-refractivity contribution in [2.24, 2.45) is 7.05 Å². The van der Waals surface area contributed by atoms with Crippen molar-refractivity contribution < 1.29 is 9.84 Å². The molecule has 0 aliphatic carbocycles. The number of rotatable bonds is 6. The predicted molar refractivity (Wildman–Crippen MR) is 82.7 cm³/mol. The summed E-state index contributed by atoms with van der Waals surface area (Å²) in [4.78, 5) is 8.35. The molecule has 2 aromatic heterocycles. The van der Waals surface area contributed by atoms with E-state index in [9.17, 15) is 5.11 Å². The average molecular weight is 299 g/mol. The van der Waals surface area contributed by atoms with Crippen molar-refractivity contribution in [3.8, 4) is 5.75 Å². The number of benzene rings is 1. The predicted octanol–water partition coefficient (Wildman–Crippen LogP) is 1.22. The molecule has 1 unspecified atom stereocenters. The first kappa shape index (κ1) is 14.3. The topological polar surface area (TPSA) is 85.1 Å². The van der Waals surface area contributed by atoms with Gasteiger partial charge >= 0.3 is 0 Å². The minimum Gasteiger partial charge on any atom is -0.491 e. The maximum atomic E-state index is 10.00. The molecule has 7 heteroatoms. The van der Waals surface area contributed by atoms with Gasteiger partial charge in [-0.1, -0.05) is 18.2 Å². The van der Waals surface area contributed by atoms with Crippen molar-refractivity contribution in [3.05, 3.63) is 42.9 Å². The molecular weight excluding hydrogens is 282 g/mol. The monoisotopic (exact) mass is 299 g/mol. The maximum Gasteiger partial charge on any atom is 0.163 e. The molecule has 0 aliphatic rings. The third-order valence-electron chi connectivity index (χ3n) is 3.22. The Morgan fingerprint density at radius 3 is 2.91 bits per heavy atom. The van der Waals surface area contributed by atoms with Crippen molar-refractivity contribution in [1.29, 1.82) is 0 Å². The van der Waals surface area contributed by atoms with E-state index in [1.54, 1.807) is 10.9 Å². The number of aromatic nitrogens is 4. The molecule has 0 saturated heterocycles. The second kappa shape index (κ2) is 6.40. The van der Waals surface area contributed by atoms with E-state index in [1.807, 2.05) is 37.4 Å². The van der Waals surface area contributed by atoms with Crippen LogP contribution in [0.2, 0.25) is 0 Å². The average Bonchev–Trinajstić information content (AvgIpc) is 2.94. The van der Waals surface area contributed by atoms with E-state index in [0.29, 0.717) is 12.4 Å². The Morgan fingerprint density at radius 2 is 2.09 bits per heavy atom. The van der Waals surface area contributed by atoms with Crippen LogP contribution < -0.4 is 10.1 Å². The van der Waals surface area contributed by atoms with Crippen molar-refractivity contribution >= 4 is 16.9 Å². The molecule has 1 aromatic carbocycles. The van der Waals surface area contributed by atoms with Gasteiger partial charge in [0.15, 0.2) is 5.65 Å². The lowest BCUT2D eigenvalue weighted by Crippen LogP contribution is -2.26. The number of aliphatic hydroxyl groups excluding tert-OH is 1. The zero-order chi connectivity index (χ0) is 15.4. The van der Waals surface area contributed by atoms with Gasteiger partial charge in [-0.3, -0.25) is 4.68 Å². The number of anilines is 1. The number of ether oxygens (including phenoxy) is 1. The molecule has 0 aliphatic heterocycles. The third kappa shape index (κ3) is 3.15. The van der Waals surface area contributed by atoms with Crippen LogP contribution in [0.4, 0.5) is 5.82 Å². The molecule has 3 aromatic rings. The summed E-state index contributed by atoms with van der Waals surface area (Å²) in [6, 6.07) is 9.40. The van der Waals surface area contributed by atoms with Gasteiger partial charge in [-0.25, -0.2) is 9.97 Å². The summed E-state index contributed by atoms with van der Waals surface area (Å²) in [7, 11) is 1.82. The van der Waals surface area contributed by atoms with Crippen LogP contribution in [0, 0.1) is 0 Å². The number of hydrogen-bond acceptors (Lipinski definition) is 6. The molecule has 0 bridgehead atoms. The maximum absolute atomic E-state index is 10.00. The highest BCUT2D eigenvalue weighted by Gasteiger charge is 2.10. The summed E-state index contributed by atoms with van der Waals surface area (Å²) < 4.78 is 7.19. The fraction of sp³-hybridized carbons (Fsp3) is 0.267. The minimum absolute atomic E-state index is 0.207. The van der Waals surface area contributed by atoms with Crippen LogP contribution in [0.1, 0.15) is 0 Å². The molecule has 3 rings (SSSR count). The first-order chi connectivity index (χ1) is 10.7. The van der Waals surface area contributed by atoms with Gasteiger partial charge < -0.3 is 15.2 Å². The summed E-state index contributed by atoms with van der Waals surface area (Å²) in [6.07, 6.45) is 2.52. The summed E-state index contributed by atoms with van der Waals surface area (Å²) in [5.41, 5.74) is 0.743. The molecule has 22 heavy (non-hydrogen) atoms. The van der Waals surface area contributed by atoms with Gasteiger partial charge in [0, 0.05) is 13.6 Å². The highest BCUT2D eigenvalue weighted by atomic mass is 16.5. The Labute approximate surface area is 127 Å². The van der Waals surface area contributed by atoms with Gasteiger partial charge in [-0.15, -0.1) is 0 Å². The Kier molecular flexibility index (Phi) is 4.15. The summed E-state index contributed by atoms with van der Waals surface area (Å²) in [5, 5.41) is 18.1. The Morgan fingerprint density at radius 1 is 1.27 bits per heavy atom. The van der Waals surface area contributed by atoms with Crippen LogP contribution >= 0.6 is 0 Å². The second-order valence-electron chi connectivity index (χ2n) is 4.89. The third-order valence-corrected chi connectivity index (χ3v) is 3.22. The lowest BCUT2D eigenvalue weighted by Gasteiger charge is -2.13. The van der Waals surface area contributed by atoms with Crippen LogP contribution in [-0.2, 0) is 7.05 Å². The summed E-state index contributed by atoms with van der Waals surface area (Å²) in [6.45, 7) is 0.534. The number of aliphatic hydroxyl groups is 1. The van der Waals surface area contributed by atoms with Crippen LogP contribution in [0.25, 0.3) is 11.0 Å². The van der Waals surface area contributed by atoms with Gasteiger partial charge in [0.25, 0.3) is 0 Å². The SMILES string of the molecule is Cn1ncc2c(NCC(O)COc3ccccc3)ncnc21. The van der Waals surface area contributed by atoms with Gasteiger partial charge in [-0.2, -0.15) is 5.10 Å². The van der Waals surface area contributed by atoms with E-state index in [0.717, 1.165) is 16.8 Å². The first-order valence-corrected chi connectivity index (χ1v) is 6.96. The van der Waals surface area contributed by atoms with E-state index in [-0.39, 0.29) is 6.61 Å². The molecule has 2 heterocycles. The normalized spacial score (nSPS) is 12.3. The van der Waals surface area contributed by atoms with Gasteiger partial charge in [-0.05, 0) is 12.1 Å². The first-order valence-electron chi connectivity index (χ1n) is 6.96. The van der Waals surface area contributed by atoms with Crippen LogP contribution in [0.5, 0.6) is 5.75 Å². The van der Waals surface area contributed by atoms with Gasteiger partial charge in [0.2, 0.25) is 0 Å². The molecule has 7 nitrogen and oxygen atoms in total. The van der Waals surface area contributed by atoms with Crippen LogP contribution in [0.15, 0.2) is 42.9 Å². The zero-order valence-electron chi connectivity index (χ0n) is 12.2. The lowest BCUT2D eigenvalue weighted by atomic mass is 10.3. The van der Waals surface area contributed by atoms with Crippen molar-refractivity contribution in [3.63, 3.8) is 0 Å². The molecule has 2 N–H and O–H groups in total. The zero-order valence-corrected chi connectivity index (χ0v) is 12.2. The largest absolute Gasteiger partial charge is 0.491 e. The van der Waals surface area contributed by atoms with E-state index in [4.69, 9.17) is 4.74 Å². The van der Waals surface area contributed by atoms with E-state index < -0.39 is 6.10 Å². The molecule has 1 atom stereocenters. The minimum atomic E-state index is -0.651. The van der Waals surface area contributed by atoms with Crippen molar-refractivity contribution in [1.82, 2.24) is 19.7 Å². The standard InChI is InChI=1S/C15H17N5O2/c1-20-15-13(8-19-20)14(17-10-18-15)16-7-11(21)9-22-12-5-3-2-4-6-12/h2-6,8,10-11,21H,7,9H2,1H3,(H,16,17,18). The number of hydrogen-bond donors (Lipinski definition) is 2. The summed E-state index contributed by atoms with van der Waals surface area (Å²) >= 11 is 0. The molecule has 0 radical (unpaired) electrons. The molecule has 0 spiro atoms. The number of aryl methyl sites for hydroxylation is 1. The number of para-hydroxylation sites is 1. The van der Waals surface area contributed by atoms with E-state index in [1.165, 1.54) is 6.33 Å². The van der Waals surface area contributed by atoms with Crippen molar-refractivity contribution in [2.75, 3.05) is 18.5 Å². The Bertz CT molecular complexity index is 744. The van der Waals surface area contributed by atoms with Crippen molar-refractivity contribution in [2.45, 2.75) is 6.10 Å². The molecule has 114 valence electrons. The lowest BCUT2D eigenvalue weighted by molar-refractivity contribution is 0.117. The molecular formula is C15H17N5O2. The van der Waals surface area contributed by atoms with Gasteiger partial charge in [0.1, 0.15) is 30.6 Å². The smallest absolute Gasteiger partial charge is 0.163 e. The van der Waals surface area contributed by atoms with E-state index in [2.05, 4.69) is 20.4 Å². The molecule has 0 saturated carbocycles. The second-order valence-corrected chi connectivity index (χ2v) is 4.89. The van der Waals surface area contributed by atoms with Crippen LogP contribution in [-0.4, -0.2) is 44.1 Å². The Hall–Kier alpha value is -2.67. The van der Waals surface area contributed by atoms with Crippen LogP contribution in [0.3, 0.4) is 0 Å². The number of nitrogens with one attached hydrogen (secondary N) is 1. The molecule has 0 fully saturated rings. The summed E-state index contributed by atoms with van der Waals surface area (Å²) in [5.74, 6) is 1.38. The highest BCUT2D eigenvalue weighted by molar-refractivity contribution is 5.85. The molecule has 0 amide bonds. The quantitative estimate of drug-likeness (QED) is 0.712. The Balaban J connectivity index is 1.57. The van der Waals surface area contributed by atoms with E-state index >= 15 is 0 Å². The van der Waals surface area contributed by atoms with Gasteiger partial charge in [0.05, 0.1) is 11.6 Å². The fourth-order valence-electron chi connectivity index (χ4n) is 2.09. The highest BCUT2D eigenvalue weighted by Crippen LogP contribution is 2.17. The fourth-order valence-corrected chi connectivity index (χ4v) is 2.09. The number of nitrogens with zero attached hydrogens (tertiary/aromatic N) is 4. The number of fused-ring (bicyclic) bond motifs is 1.